The molecule has 18 heavy (non-hydrogen) atoms. The molecule has 0 spiro atoms. The van der Waals surface area contributed by atoms with Gasteiger partial charge in [-0.3, -0.25) is 19.4 Å². The Kier molecular flexibility index (Phi) is 2.11. The largest absolute Gasteiger partial charge is 0.332 e. The Morgan fingerprint density at radius 1 is 1.28 bits per heavy atom. The van der Waals surface area contributed by atoms with Gasteiger partial charge in [0.05, 0.1) is 0 Å². The summed E-state index contributed by atoms with van der Waals surface area (Å²) in [6.07, 6.45) is 0. The van der Waals surface area contributed by atoms with Crippen molar-refractivity contribution in [1.29, 1.82) is 0 Å². The monoisotopic (exact) mass is 250 g/mol. The Balaban J connectivity index is 2.49. The third kappa shape index (κ3) is 1.26. The van der Waals surface area contributed by atoms with Crippen LogP contribution >= 0.6 is 0 Å². The summed E-state index contributed by atoms with van der Waals surface area (Å²) in [4.78, 5) is 28.3. The second kappa shape index (κ2) is 3.45. The number of aryl methyl sites for hydroxylation is 1. The molecule has 0 saturated heterocycles. The highest BCUT2D eigenvalue weighted by molar-refractivity contribution is 5.74. The third-order valence-electron chi connectivity index (χ3n) is 3.23. The number of nitrogens with zero attached hydrogens (tertiary/aromatic N) is 4. The number of nitrogens with one attached hydrogen (secondary N) is 2. The van der Waals surface area contributed by atoms with Gasteiger partial charge in [0.25, 0.3) is 5.56 Å². The first-order valence-electron chi connectivity index (χ1n) is 5.68. The van der Waals surface area contributed by atoms with E-state index in [4.69, 9.17) is 0 Å². The first kappa shape index (κ1) is 11.0. The lowest BCUT2D eigenvalue weighted by molar-refractivity contribution is 0.483. The molecular weight excluding hydrogens is 236 g/mol. The van der Waals surface area contributed by atoms with Crippen LogP contribution in [-0.4, -0.2) is 24.7 Å². The van der Waals surface area contributed by atoms with Crippen molar-refractivity contribution in [2.75, 3.05) is 5.43 Å². The molecule has 0 aromatic carbocycles. The number of hydrogen-bond donors (Lipinski definition) is 2. The molecule has 8 nitrogen and oxygen atoms in total. The lowest BCUT2D eigenvalue weighted by Gasteiger charge is -2.23. The molecule has 0 fully saturated rings. The van der Waals surface area contributed by atoms with E-state index in [0.717, 1.165) is 4.57 Å². The highest BCUT2D eigenvalue weighted by atomic mass is 16.2. The Bertz CT molecular complexity index is 752. The van der Waals surface area contributed by atoms with Crippen LogP contribution in [0.4, 0.5) is 5.95 Å². The van der Waals surface area contributed by atoms with Gasteiger partial charge in [0, 0.05) is 26.7 Å². The van der Waals surface area contributed by atoms with Crippen LogP contribution in [0.1, 0.15) is 6.92 Å². The summed E-state index contributed by atoms with van der Waals surface area (Å²) in [6.45, 7) is 2.63. The molecule has 2 aromatic rings. The van der Waals surface area contributed by atoms with Gasteiger partial charge in [-0.25, -0.2) is 10.2 Å². The SMILES string of the molecule is CC1Cn2c(nc3c2c(=O)n(C)c(=O)n3C)NN1. The predicted molar refractivity (Wildman–Crippen MR) is 66.4 cm³/mol. The maximum atomic E-state index is 12.2. The molecule has 2 N–H and O–H groups in total. The van der Waals surface area contributed by atoms with Gasteiger partial charge >= 0.3 is 5.69 Å². The van der Waals surface area contributed by atoms with Gasteiger partial charge in [0.15, 0.2) is 11.2 Å². The molecule has 0 amide bonds. The second-order valence-corrected chi connectivity index (χ2v) is 4.59. The van der Waals surface area contributed by atoms with Crippen molar-refractivity contribution in [3.63, 3.8) is 0 Å². The fourth-order valence-electron chi connectivity index (χ4n) is 2.23. The molecule has 0 aliphatic carbocycles. The summed E-state index contributed by atoms with van der Waals surface area (Å²) in [6, 6.07) is 0.178. The average Bonchev–Trinajstić information content (AvgIpc) is 2.72. The van der Waals surface area contributed by atoms with Crippen LogP contribution in [0.5, 0.6) is 0 Å². The van der Waals surface area contributed by atoms with Gasteiger partial charge < -0.3 is 4.57 Å². The molecule has 3 heterocycles. The van der Waals surface area contributed by atoms with Gasteiger partial charge in [-0.2, -0.15) is 4.98 Å². The number of anilines is 1. The van der Waals surface area contributed by atoms with Crippen LogP contribution in [0.25, 0.3) is 11.2 Å². The number of hydrogen-bond acceptors (Lipinski definition) is 5. The van der Waals surface area contributed by atoms with Gasteiger partial charge in [-0.05, 0) is 6.92 Å². The molecule has 1 aliphatic rings. The summed E-state index contributed by atoms with van der Waals surface area (Å²) in [5.41, 5.74) is 6.14. The van der Waals surface area contributed by atoms with Gasteiger partial charge in [-0.1, -0.05) is 0 Å². The first-order valence-corrected chi connectivity index (χ1v) is 5.68. The van der Waals surface area contributed by atoms with E-state index in [1.165, 1.54) is 11.6 Å². The van der Waals surface area contributed by atoms with Crippen molar-refractivity contribution < 1.29 is 0 Å². The minimum atomic E-state index is -0.371. The summed E-state index contributed by atoms with van der Waals surface area (Å²) in [7, 11) is 3.09. The van der Waals surface area contributed by atoms with Gasteiger partial charge in [0.2, 0.25) is 5.95 Å². The van der Waals surface area contributed by atoms with E-state index >= 15 is 0 Å². The van der Waals surface area contributed by atoms with E-state index in [1.807, 2.05) is 6.92 Å². The van der Waals surface area contributed by atoms with E-state index in [0.29, 0.717) is 23.7 Å². The number of aromatic nitrogens is 4. The van der Waals surface area contributed by atoms with Crippen molar-refractivity contribution >= 4 is 17.1 Å². The molecule has 0 bridgehead atoms. The standard InChI is InChI=1S/C10H14N6O2/c1-5-4-16-6-7(11-9(16)13-12-5)14(2)10(18)15(3)8(6)17/h5,12H,4H2,1-3H3,(H,11,13). The number of fused-ring (bicyclic) bond motifs is 3. The topological polar surface area (TPSA) is 85.9 Å². The van der Waals surface area contributed by atoms with Crippen molar-refractivity contribution in [2.45, 2.75) is 19.5 Å². The lowest BCUT2D eigenvalue weighted by Crippen LogP contribution is -2.42. The summed E-state index contributed by atoms with van der Waals surface area (Å²) < 4.78 is 4.29. The number of hydrazine groups is 1. The van der Waals surface area contributed by atoms with Crippen LogP contribution in [0, 0.1) is 0 Å². The fraction of sp³-hybridized carbons (Fsp3) is 0.500. The second-order valence-electron chi connectivity index (χ2n) is 4.59. The van der Waals surface area contributed by atoms with E-state index < -0.39 is 0 Å². The average molecular weight is 250 g/mol. The first-order chi connectivity index (χ1) is 8.50. The highest BCUT2D eigenvalue weighted by Crippen LogP contribution is 2.17. The smallest absolute Gasteiger partial charge is 0.302 e. The third-order valence-corrected chi connectivity index (χ3v) is 3.23. The molecule has 1 unspecified atom stereocenters. The number of rotatable bonds is 0. The minimum absolute atomic E-state index is 0.178. The summed E-state index contributed by atoms with van der Waals surface area (Å²) in [5, 5.41) is 0. The van der Waals surface area contributed by atoms with Gasteiger partial charge in [-0.15, -0.1) is 0 Å². The molecule has 3 rings (SSSR count). The highest BCUT2D eigenvalue weighted by Gasteiger charge is 2.22. The molecule has 2 aromatic heterocycles. The van der Waals surface area contributed by atoms with Gasteiger partial charge in [0.1, 0.15) is 0 Å². The van der Waals surface area contributed by atoms with Crippen molar-refractivity contribution in [3.8, 4) is 0 Å². The van der Waals surface area contributed by atoms with E-state index in [1.54, 1.807) is 11.6 Å². The molecule has 1 atom stereocenters. The van der Waals surface area contributed by atoms with Crippen LogP contribution < -0.4 is 22.1 Å². The van der Waals surface area contributed by atoms with Crippen molar-refractivity contribution in [3.05, 3.63) is 20.8 Å². The molecule has 8 heteroatoms. The maximum absolute atomic E-state index is 12.2. The lowest BCUT2D eigenvalue weighted by atomic mass is 10.3. The van der Waals surface area contributed by atoms with E-state index in [2.05, 4.69) is 15.8 Å². The zero-order valence-electron chi connectivity index (χ0n) is 10.4. The Morgan fingerprint density at radius 3 is 2.72 bits per heavy atom. The van der Waals surface area contributed by atoms with Crippen LogP contribution in [0.2, 0.25) is 0 Å². The zero-order chi connectivity index (χ0) is 13.0. The molecule has 96 valence electrons. The quantitative estimate of drug-likeness (QED) is 0.610. The Morgan fingerprint density at radius 2 is 2.00 bits per heavy atom. The summed E-state index contributed by atoms with van der Waals surface area (Å²) in [5.74, 6) is 0.557. The molecule has 0 radical (unpaired) electrons. The maximum Gasteiger partial charge on any atom is 0.332 e. The number of imidazole rings is 1. The Hall–Kier alpha value is -2.09. The van der Waals surface area contributed by atoms with Crippen LogP contribution in [0.3, 0.4) is 0 Å². The zero-order valence-corrected chi connectivity index (χ0v) is 10.4. The fourth-order valence-corrected chi connectivity index (χ4v) is 2.23. The van der Waals surface area contributed by atoms with Crippen LogP contribution in [0.15, 0.2) is 9.59 Å². The van der Waals surface area contributed by atoms with Crippen molar-refractivity contribution in [1.82, 2.24) is 24.1 Å². The molecular formula is C10H14N6O2. The Labute approximate surface area is 102 Å². The minimum Gasteiger partial charge on any atom is -0.302 e. The molecule has 0 saturated carbocycles. The predicted octanol–water partition coefficient (Wildman–Crippen LogP) is -1.25. The summed E-state index contributed by atoms with van der Waals surface area (Å²) >= 11 is 0. The van der Waals surface area contributed by atoms with Crippen LogP contribution in [-0.2, 0) is 20.6 Å². The normalized spacial score (nSPS) is 18.7. The van der Waals surface area contributed by atoms with Crippen molar-refractivity contribution in [2.24, 2.45) is 14.1 Å². The van der Waals surface area contributed by atoms with E-state index in [9.17, 15) is 9.59 Å². The molecule has 1 aliphatic heterocycles. The van der Waals surface area contributed by atoms with E-state index in [-0.39, 0.29) is 17.3 Å².